The van der Waals surface area contributed by atoms with Crippen molar-refractivity contribution in [2.75, 3.05) is 12.3 Å². The van der Waals surface area contributed by atoms with Gasteiger partial charge in [0.1, 0.15) is 17.2 Å². The first-order valence-electron chi connectivity index (χ1n) is 6.57. The van der Waals surface area contributed by atoms with Gasteiger partial charge in [-0.3, -0.25) is 0 Å². The molecule has 4 heteroatoms. The minimum atomic E-state index is 0.528. The van der Waals surface area contributed by atoms with Gasteiger partial charge in [0.05, 0.1) is 6.61 Å². The predicted octanol–water partition coefficient (Wildman–Crippen LogP) is 4.92. The molecule has 3 nitrogen and oxygen atoms in total. The SMILES string of the molecule is CCCOc1cccc(Oc2cc(Br)ccc2C)c1N. The summed E-state index contributed by atoms with van der Waals surface area (Å²) in [5, 5.41) is 0. The standard InChI is InChI=1S/C16H18BrNO2/c1-3-9-19-13-5-4-6-14(16(13)18)20-15-10-12(17)8-7-11(15)2/h4-8,10H,3,9,18H2,1-2H3. The molecule has 2 N–H and O–H groups in total. The second-order valence-corrected chi connectivity index (χ2v) is 5.44. The monoisotopic (exact) mass is 335 g/mol. The summed E-state index contributed by atoms with van der Waals surface area (Å²) in [4.78, 5) is 0. The molecule has 0 heterocycles. The summed E-state index contributed by atoms with van der Waals surface area (Å²) in [5.74, 6) is 2.05. The third-order valence-corrected chi connectivity index (χ3v) is 3.35. The number of nitrogens with two attached hydrogens (primary N) is 1. The summed E-state index contributed by atoms with van der Waals surface area (Å²) in [7, 11) is 0. The van der Waals surface area contributed by atoms with Gasteiger partial charge in [-0.2, -0.15) is 0 Å². The van der Waals surface area contributed by atoms with Crippen molar-refractivity contribution in [1.82, 2.24) is 0 Å². The summed E-state index contributed by atoms with van der Waals surface area (Å²) < 4.78 is 12.5. The molecular weight excluding hydrogens is 318 g/mol. The van der Waals surface area contributed by atoms with Gasteiger partial charge in [0.15, 0.2) is 5.75 Å². The molecule has 0 amide bonds. The molecule has 106 valence electrons. The molecule has 2 aromatic carbocycles. The highest BCUT2D eigenvalue weighted by atomic mass is 79.9. The fraction of sp³-hybridized carbons (Fsp3) is 0.250. The predicted molar refractivity (Wildman–Crippen MR) is 85.6 cm³/mol. The first kappa shape index (κ1) is 14.7. The quantitative estimate of drug-likeness (QED) is 0.788. The maximum atomic E-state index is 6.10. The van der Waals surface area contributed by atoms with Crippen molar-refractivity contribution in [3.8, 4) is 17.2 Å². The van der Waals surface area contributed by atoms with Crippen molar-refractivity contribution in [2.24, 2.45) is 0 Å². The Morgan fingerprint density at radius 2 is 1.85 bits per heavy atom. The molecule has 0 saturated carbocycles. The fourth-order valence-electron chi connectivity index (χ4n) is 1.75. The van der Waals surface area contributed by atoms with Crippen LogP contribution < -0.4 is 15.2 Å². The van der Waals surface area contributed by atoms with E-state index in [1.54, 1.807) is 0 Å². The molecule has 0 spiro atoms. The minimum absolute atomic E-state index is 0.528. The molecular formula is C16H18BrNO2. The topological polar surface area (TPSA) is 44.5 Å². The van der Waals surface area contributed by atoms with Crippen molar-refractivity contribution >= 4 is 21.6 Å². The van der Waals surface area contributed by atoms with E-state index in [4.69, 9.17) is 15.2 Å². The van der Waals surface area contributed by atoms with Crippen LogP contribution in [0.1, 0.15) is 18.9 Å². The molecule has 2 aromatic rings. The van der Waals surface area contributed by atoms with E-state index in [-0.39, 0.29) is 0 Å². The molecule has 0 aliphatic rings. The Morgan fingerprint density at radius 1 is 1.10 bits per heavy atom. The molecule has 20 heavy (non-hydrogen) atoms. The number of ether oxygens (including phenoxy) is 2. The highest BCUT2D eigenvalue weighted by molar-refractivity contribution is 9.10. The zero-order valence-corrected chi connectivity index (χ0v) is 13.2. The number of para-hydroxylation sites is 1. The molecule has 0 radical (unpaired) electrons. The number of halogens is 1. The minimum Gasteiger partial charge on any atom is -0.491 e. The lowest BCUT2D eigenvalue weighted by Crippen LogP contribution is -2.00. The third kappa shape index (κ3) is 3.45. The van der Waals surface area contributed by atoms with Gasteiger partial charge in [-0.05, 0) is 43.2 Å². The van der Waals surface area contributed by atoms with E-state index in [1.807, 2.05) is 43.3 Å². The van der Waals surface area contributed by atoms with Crippen molar-refractivity contribution in [3.05, 3.63) is 46.4 Å². The Kier molecular flexibility index (Phi) is 4.90. The molecule has 0 aliphatic heterocycles. The van der Waals surface area contributed by atoms with E-state index in [0.29, 0.717) is 23.8 Å². The van der Waals surface area contributed by atoms with E-state index in [0.717, 1.165) is 22.2 Å². The van der Waals surface area contributed by atoms with Crippen LogP contribution in [0.15, 0.2) is 40.9 Å². The zero-order valence-electron chi connectivity index (χ0n) is 11.7. The van der Waals surface area contributed by atoms with E-state index >= 15 is 0 Å². The lowest BCUT2D eigenvalue weighted by atomic mass is 10.2. The van der Waals surface area contributed by atoms with Gasteiger partial charge in [-0.25, -0.2) is 0 Å². The van der Waals surface area contributed by atoms with E-state index in [1.165, 1.54) is 0 Å². The van der Waals surface area contributed by atoms with Crippen LogP contribution in [0.5, 0.6) is 17.2 Å². The van der Waals surface area contributed by atoms with Crippen molar-refractivity contribution in [3.63, 3.8) is 0 Å². The summed E-state index contributed by atoms with van der Waals surface area (Å²) in [6, 6.07) is 11.5. The Hall–Kier alpha value is -1.68. The van der Waals surface area contributed by atoms with Crippen LogP contribution in [0.3, 0.4) is 0 Å². The Balaban J connectivity index is 2.27. The number of hydrogen-bond donors (Lipinski definition) is 1. The van der Waals surface area contributed by atoms with Crippen LogP contribution in [-0.2, 0) is 0 Å². The van der Waals surface area contributed by atoms with Crippen LogP contribution in [0, 0.1) is 6.92 Å². The molecule has 0 saturated heterocycles. The van der Waals surface area contributed by atoms with Crippen LogP contribution in [-0.4, -0.2) is 6.61 Å². The highest BCUT2D eigenvalue weighted by Crippen LogP contribution is 2.36. The van der Waals surface area contributed by atoms with Crippen LogP contribution >= 0.6 is 15.9 Å². The molecule has 2 rings (SSSR count). The third-order valence-electron chi connectivity index (χ3n) is 2.86. The van der Waals surface area contributed by atoms with E-state index in [2.05, 4.69) is 22.9 Å². The van der Waals surface area contributed by atoms with Crippen LogP contribution in [0.25, 0.3) is 0 Å². The van der Waals surface area contributed by atoms with Gasteiger partial charge in [-0.15, -0.1) is 0 Å². The molecule has 0 bridgehead atoms. The molecule has 0 unspecified atom stereocenters. The summed E-state index contributed by atoms with van der Waals surface area (Å²) in [5.41, 5.74) is 7.68. The number of hydrogen-bond acceptors (Lipinski definition) is 3. The summed E-state index contributed by atoms with van der Waals surface area (Å²) >= 11 is 3.44. The number of aryl methyl sites for hydroxylation is 1. The van der Waals surface area contributed by atoms with Gasteiger partial charge < -0.3 is 15.2 Å². The van der Waals surface area contributed by atoms with Crippen LogP contribution in [0.2, 0.25) is 0 Å². The van der Waals surface area contributed by atoms with Gasteiger partial charge in [0, 0.05) is 4.47 Å². The average Bonchev–Trinajstić information content (AvgIpc) is 2.44. The largest absolute Gasteiger partial charge is 0.491 e. The molecule has 0 atom stereocenters. The maximum Gasteiger partial charge on any atom is 0.154 e. The average molecular weight is 336 g/mol. The Bertz CT molecular complexity index is 599. The van der Waals surface area contributed by atoms with Crippen molar-refractivity contribution in [2.45, 2.75) is 20.3 Å². The van der Waals surface area contributed by atoms with Crippen molar-refractivity contribution < 1.29 is 9.47 Å². The van der Waals surface area contributed by atoms with E-state index in [9.17, 15) is 0 Å². The normalized spacial score (nSPS) is 10.3. The lowest BCUT2D eigenvalue weighted by molar-refractivity contribution is 0.318. The number of rotatable bonds is 5. The first-order chi connectivity index (χ1) is 9.61. The Labute approximate surface area is 127 Å². The van der Waals surface area contributed by atoms with Crippen molar-refractivity contribution in [1.29, 1.82) is 0 Å². The molecule has 0 aliphatic carbocycles. The second kappa shape index (κ2) is 6.66. The van der Waals surface area contributed by atoms with Gasteiger partial charge >= 0.3 is 0 Å². The zero-order chi connectivity index (χ0) is 14.5. The maximum absolute atomic E-state index is 6.10. The smallest absolute Gasteiger partial charge is 0.154 e. The summed E-state index contributed by atoms with van der Waals surface area (Å²) in [6.07, 6.45) is 0.940. The first-order valence-corrected chi connectivity index (χ1v) is 7.36. The number of benzene rings is 2. The second-order valence-electron chi connectivity index (χ2n) is 4.53. The van der Waals surface area contributed by atoms with Gasteiger partial charge in [-0.1, -0.05) is 35.0 Å². The van der Waals surface area contributed by atoms with E-state index < -0.39 is 0 Å². The highest BCUT2D eigenvalue weighted by Gasteiger charge is 2.09. The van der Waals surface area contributed by atoms with Crippen LogP contribution in [0.4, 0.5) is 5.69 Å². The lowest BCUT2D eigenvalue weighted by Gasteiger charge is -2.14. The van der Waals surface area contributed by atoms with Gasteiger partial charge in [0.25, 0.3) is 0 Å². The number of nitrogen functional groups attached to an aromatic ring is 1. The molecule has 0 aromatic heterocycles. The Morgan fingerprint density at radius 3 is 2.60 bits per heavy atom. The van der Waals surface area contributed by atoms with Gasteiger partial charge in [0.2, 0.25) is 0 Å². The molecule has 0 fully saturated rings. The summed E-state index contributed by atoms with van der Waals surface area (Å²) in [6.45, 7) is 4.69. The number of anilines is 1. The fourth-order valence-corrected chi connectivity index (χ4v) is 2.09.